The van der Waals surface area contributed by atoms with Crippen LogP contribution in [0.25, 0.3) is 0 Å². The quantitative estimate of drug-likeness (QED) is 0.724. The van der Waals surface area contributed by atoms with Gasteiger partial charge < -0.3 is 20.0 Å². The van der Waals surface area contributed by atoms with Crippen LogP contribution in [0.5, 0.6) is 0 Å². The van der Waals surface area contributed by atoms with Crippen LogP contribution in [0, 0.1) is 5.92 Å². The maximum Gasteiger partial charge on any atom is 0.317 e. The number of nitrogens with zero attached hydrogens (tertiary/aromatic N) is 5. The number of hydrogen-bond donors (Lipinski definition) is 1. The monoisotopic (exact) mass is 402 g/mol. The van der Waals surface area contributed by atoms with Crippen molar-refractivity contribution in [3.05, 3.63) is 18.5 Å². The van der Waals surface area contributed by atoms with E-state index in [-0.39, 0.29) is 12.1 Å². The first kappa shape index (κ1) is 21.8. The summed E-state index contributed by atoms with van der Waals surface area (Å²) in [5.74, 6) is 1.57. The normalized spacial score (nSPS) is 19.0. The molecule has 0 aliphatic carbocycles. The zero-order valence-electron chi connectivity index (χ0n) is 18.2. The predicted molar refractivity (Wildman–Crippen MR) is 117 cm³/mol. The van der Waals surface area contributed by atoms with Crippen LogP contribution in [0.2, 0.25) is 0 Å². The van der Waals surface area contributed by atoms with Gasteiger partial charge in [0, 0.05) is 44.6 Å². The van der Waals surface area contributed by atoms with E-state index in [1.165, 1.54) is 19.4 Å². The summed E-state index contributed by atoms with van der Waals surface area (Å²) >= 11 is 0. The second-order valence-electron chi connectivity index (χ2n) is 8.36. The average Bonchev–Trinajstić information content (AvgIpc) is 2.78. The van der Waals surface area contributed by atoms with Crippen LogP contribution in [0.1, 0.15) is 52.4 Å². The third-order valence-electron chi connectivity index (χ3n) is 6.54. The van der Waals surface area contributed by atoms with E-state index in [2.05, 4.69) is 38.9 Å². The lowest BCUT2D eigenvalue weighted by molar-refractivity contribution is 0.161. The molecule has 1 N–H and O–H groups in total. The number of rotatable bonds is 8. The van der Waals surface area contributed by atoms with Crippen LogP contribution >= 0.6 is 0 Å². The van der Waals surface area contributed by atoms with E-state index in [0.717, 1.165) is 76.8 Å². The molecule has 0 aromatic carbocycles. The van der Waals surface area contributed by atoms with Gasteiger partial charge in [0.05, 0.1) is 0 Å². The zero-order chi connectivity index (χ0) is 20.5. The molecular weight excluding hydrogens is 364 g/mol. The summed E-state index contributed by atoms with van der Waals surface area (Å²) in [5, 5.41) is 3.26. The zero-order valence-corrected chi connectivity index (χ0v) is 18.2. The molecule has 2 fully saturated rings. The lowest BCUT2D eigenvalue weighted by Crippen LogP contribution is -2.51. The van der Waals surface area contributed by atoms with Crippen LogP contribution in [-0.2, 0) is 0 Å². The number of carbonyl (C=O) groups excluding carboxylic acids is 1. The Bertz CT molecular complexity index is 593. The van der Waals surface area contributed by atoms with Crippen molar-refractivity contribution >= 4 is 12.0 Å². The van der Waals surface area contributed by atoms with E-state index in [1.807, 2.05) is 11.0 Å². The van der Waals surface area contributed by atoms with Gasteiger partial charge >= 0.3 is 6.03 Å². The summed E-state index contributed by atoms with van der Waals surface area (Å²) in [6.07, 6.45) is 10.3. The van der Waals surface area contributed by atoms with Gasteiger partial charge in [-0.3, -0.25) is 0 Å². The lowest BCUT2D eigenvalue weighted by Gasteiger charge is -2.36. The molecule has 0 saturated carbocycles. The summed E-state index contributed by atoms with van der Waals surface area (Å²) in [5.41, 5.74) is 0. The summed E-state index contributed by atoms with van der Waals surface area (Å²) in [7, 11) is 0. The largest absolute Gasteiger partial charge is 0.341 e. The van der Waals surface area contributed by atoms with Crippen molar-refractivity contribution in [2.75, 3.05) is 50.7 Å². The smallest absolute Gasteiger partial charge is 0.317 e. The summed E-state index contributed by atoms with van der Waals surface area (Å²) in [6.45, 7) is 11.6. The number of hydrogen-bond acceptors (Lipinski definition) is 5. The first-order valence-corrected chi connectivity index (χ1v) is 11.5. The fourth-order valence-corrected chi connectivity index (χ4v) is 4.51. The Morgan fingerprint density at radius 2 is 1.72 bits per heavy atom. The van der Waals surface area contributed by atoms with Crippen molar-refractivity contribution in [2.24, 2.45) is 5.92 Å². The molecule has 3 heterocycles. The van der Waals surface area contributed by atoms with E-state index in [9.17, 15) is 4.79 Å². The van der Waals surface area contributed by atoms with Gasteiger partial charge in [-0.15, -0.1) is 0 Å². The number of likely N-dealkylation sites (tertiary alicyclic amines) is 1. The van der Waals surface area contributed by atoms with Crippen LogP contribution in [0.4, 0.5) is 10.7 Å². The van der Waals surface area contributed by atoms with Gasteiger partial charge in [-0.1, -0.05) is 13.8 Å². The number of piperidine rings is 2. The molecule has 0 radical (unpaired) electrons. The number of anilines is 1. The number of nitrogens with one attached hydrogen (secondary N) is 1. The molecule has 0 spiro atoms. The molecule has 7 heteroatoms. The highest BCUT2D eigenvalue weighted by Crippen LogP contribution is 2.22. The lowest BCUT2D eigenvalue weighted by atomic mass is 9.92. The second-order valence-corrected chi connectivity index (χ2v) is 8.36. The summed E-state index contributed by atoms with van der Waals surface area (Å²) in [4.78, 5) is 28.0. The molecule has 0 atom stereocenters. The van der Waals surface area contributed by atoms with Crippen LogP contribution in [0.15, 0.2) is 18.5 Å². The van der Waals surface area contributed by atoms with E-state index in [1.54, 1.807) is 12.4 Å². The SMILES string of the molecule is CCN(CC)CCCC1CCN(C(=O)NC2CCN(c3ncccn3)CC2)CC1. The average molecular weight is 403 g/mol. The van der Waals surface area contributed by atoms with Crippen molar-refractivity contribution in [1.29, 1.82) is 0 Å². The van der Waals surface area contributed by atoms with E-state index < -0.39 is 0 Å². The fourth-order valence-electron chi connectivity index (χ4n) is 4.51. The van der Waals surface area contributed by atoms with Gasteiger partial charge in [-0.25, -0.2) is 14.8 Å². The summed E-state index contributed by atoms with van der Waals surface area (Å²) < 4.78 is 0. The maximum absolute atomic E-state index is 12.7. The first-order valence-electron chi connectivity index (χ1n) is 11.5. The molecule has 1 aromatic heterocycles. The maximum atomic E-state index is 12.7. The fraction of sp³-hybridized carbons (Fsp3) is 0.773. The van der Waals surface area contributed by atoms with E-state index in [0.29, 0.717) is 0 Å². The highest BCUT2D eigenvalue weighted by molar-refractivity contribution is 5.74. The van der Waals surface area contributed by atoms with Crippen LogP contribution in [0.3, 0.4) is 0 Å². The molecule has 29 heavy (non-hydrogen) atoms. The Morgan fingerprint density at radius 1 is 1.07 bits per heavy atom. The molecule has 2 amide bonds. The number of amides is 2. The van der Waals surface area contributed by atoms with Gasteiger partial charge in [0.15, 0.2) is 0 Å². The topological polar surface area (TPSA) is 64.6 Å². The Labute approximate surface area is 175 Å². The number of aromatic nitrogens is 2. The molecule has 2 aliphatic rings. The van der Waals surface area contributed by atoms with Crippen molar-refractivity contribution in [1.82, 2.24) is 25.1 Å². The first-order chi connectivity index (χ1) is 14.2. The summed E-state index contributed by atoms with van der Waals surface area (Å²) in [6, 6.07) is 2.22. The van der Waals surface area contributed by atoms with Gasteiger partial charge in [0.25, 0.3) is 0 Å². The third kappa shape index (κ3) is 6.56. The third-order valence-corrected chi connectivity index (χ3v) is 6.54. The second kappa shape index (κ2) is 11.3. The molecule has 2 saturated heterocycles. The van der Waals surface area contributed by atoms with E-state index in [4.69, 9.17) is 0 Å². The Morgan fingerprint density at radius 3 is 2.34 bits per heavy atom. The van der Waals surface area contributed by atoms with Crippen LogP contribution < -0.4 is 10.2 Å². The molecule has 1 aromatic rings. The minimum atomic E-state index is 0.126. The minimum absolute atomic E-state index is 0.126. The highest BCUT2D eigenvalue weighted by Gasteiger charge is 2.26. The molecular formula is C22H38N6O. The standard InChI is InChI=1S/C22H38N6O/c1-3-26(4-2)14-5-7-19-8-15-28(16-9-19)22(29)25-20-10-17-27(18-11-20)21-23-12-6-13-24-21/h6,12-13,19-20H,3-5,7-11,14-18H2,1-2H3,(H,25,29). The minimum Gasteiger partial charge on any atom is -0.341 e. The number of urea groups is 1. The Balaban J connectivity index is 1.32. The Hall–Kier alpha value is -1.89. The Kier molecular flexibility index (Phi) is 8.52. The molecule has 2 aliphatic heterocycles. The van der Waals surface area contributed by atoms with Crippen molar-refractivity contribution < 1.29 is 4.79 Å². The van der Waals surface area contributed by atoms with Gasteiger partial charge in [0.2, 0.25) is 5.95 Å². The van der Waals surface area contributed by atoms with E-state index >= 15 is 0 Å². The molecule has 7 nitrogen and oxygen atoms in total. The van der Waals surface area contributed by atoms with Gasteiger partial charge in [-0.05, 0) is 70.1 Å². The van der Waals surface area contributed by atoms with Crippen molar-refractivity contribution in [3.8, 4) is 0 Å². The van der Waals surface area contributed by atoms with Crippen LogP contribution in [-0.4, -0.2) is 77.7 Å². The van der Waals surface area contributed by atoms with Crippen molar-refractivity contribution in [2.45, 2.75) is 58.4 Å². The number of carbonyl (C=O) groups is 1. The van der Waals surface area contributed by atoms with Gasteiger partial charge in [0.1, 0.15) is 0 Å². The molecule has 3 rings (SSSR count). The highest BCUT2D eigenvalue weighted by atomic mass is 16.2. The van der Waals surface area contributed by atoms with Gasteiger partial charge in [-0.2, -0.15) is 0 Å². The van der Waals surface area contributed by atoms with Crippen molar-refractivity contribution in [3.63, 3.8) is 0 Å². The molecule has 0 unspecified atom stereocenters. The molecule has 162 valence electrons. The molecule has 0 bridgehead atoms. The predicted octanol–water partition coefficient (Wildman–Crippen LogP) is 2.99.